The summed E-state index contributed by atoms with van der Waals surface area (Å²) < 4.78 is 16.4. The summed E-state index contributed by atoms with van der Waals surface area (Å²) in [6.07, 6.45) is 3.38. The molecule has 1 aromatic rings. The summed E-state index contributed by atoms with van der Waals surface area (Å²) in [6.45, 7) is 4.03. The van der Waals surface area contributed by atoms with Gasteiger partial charge in [-0.05, 0) is 12.1 Å². The Kier molecular flexibility index (Phi) is 5.68. The Labute approximate surface area is 144 Å². The third kappa shape index (κ3) is 3.51. The van der Waals surface area contributed by atoms with Gasteiger partial charge in [0, 0.05) is 18.2 Å². The lowest BCUT2D eigenvalue weighted by Gasteiger charge is -2.12. The van der Waals surface area contributed by atoms with Crippen LogP contribution in [0.3, 0.4) is 0 Å². The average Bonchev–Trinajstić information content (AvgIpc) is 2.82. The summed E-state index contributed by atoms with van der Waals surface area (Å²) in [6, 6.07) is 3.48. The zero-order valence-electron chi connectivity index (χ0n) is 13.1. The second-order valence-electron chi connectivity index (χ2n) is 4.53. The molecule has 1 aliphatic rings. The van der Waals surface area contributed by atoms with E-state index in [1.165, 1.54) is 16.7 Å². The largest absolute Gasteiger partial charge is 0.496 e. The fourth-order valence-corrected chi connectivity index (χ4v) is 3.36. The number of amides is 1. The number of benzene rings is 1. The molecule has 2 rings (SSSR count). The molecule has 1 aliphatic heterocycles. The molecule has 0 N–H and O–H groups in total. The van der Waals surface area contributed by atoms with Gasteiger partial charge in [0.15, 0.2) is 11.5 Å². The Hall–Kier alpha value is -1.99. The summed E-state index contributed by atoms with van der Waals surface area (Å²) >= 11 is 6.48. The van der Waals surface area contributed by atoms with E-state index < -0.39 is 0 Å². The van der Waals surface area contributed by atoms with Crippen molar-refractivity contribution in [3.8, 4) is 17.2 Å². The summed E-state index contributed by atoms with van der Waals surface area (Å²) in [7, 11) is 4.66. The summed E-state index contributed by atoms with van der Waals surface area (Å²) in [5.74, 6) is 1.55. The standard InChI is InChI=1S/C16H17NO4S2/c1-5-6-17-15(18)14(23-16(17)22)8-10-7-12(20-3)13(21-4)9-11(10)19-2/h5,7-9H,1,6H2,2-4H3/b14-8-. The second-order valence-corrected chi connectivity index (χ2v) is 6.21. The number of rotatable bonds is 6. The molecular formula is C16H17NO4S2. The van der Waals surface area contributed by atoms with Crippen molar-refractivity contribution in [2.24, 2.45) is 0 Å². The van der Waals surface area contributed by atoms with Crippen LogP contribution in [0.2, 0.25) is 0 Å². The molecule has 0 spiro atoms. The molecule has 1 aromatic carbocycles. The molecule has 0 bridgehead atoms. The molecule has 0 atom stereocenters. The number of nitrogens with zero attached hydrogens (tertiary/aromatic N) is 1. The first-order chi connectivity index (χ1) is 11.0. The number of ether oxygens (including phenoxy) is 3. The van der Waals surface area contributed by atoms with Crippen LogP contribution in [0.25, 0.3) is 6.08 Å². The van der Waals surface area contributed by atoms with Crippen molar-refractivity contribution in [3.05, 3.63) is 35.3 Å². The van der Waals surface area contributed by atoms with Crippen LogP contribution in [0.1, 0.15) is 5.56 Å². The highest BCUT2D eigenvalue weighted by atomic mass is 32.2. The second kappa shape index (κ2) is 7.52. The van der Waals surface area contributed by atoms with Gasteiger partial charge in [-0.25, -0.2) is 0 Å². The lowest BCUT2D eigenvalue weighted by Crippen LogP contribution is -2.27. The number of thiocarbonyl (C=S) groups is 1. The van der Waals surface area contributed by atoms with E-state index in [1.54, 1.807) is 45.6 Å². The van der Waals surface area contributed by atoms with E-state index in [-0.39, 0.29) is 5.91 Å². The van der Waals surface area contributed by atoms with Crippen LogP contribution in [0.5, 0.6) is 17.2 Å². The van der Waals surface area contributed by atoms with E-state index in [0.717, 1.165) is 0 Å². The number of methoxy groups -OCH3 is 3. The van der Waals surface area contributed by atoms with Crippen molar-refractivity contribution < 1.29 is 19.0 Å². The van der Waals surface area contributed by atoms with Crippen molar-refractivity contribution in [2.75, 3.05) is 27.9 Å². The van der Waals surface area contributed by atoms with Gasteiger partial charge in [0.05, 0.1) is 26.2 Å². The molecule has 5 nitrogen and oxygen atoms in total. The van der Waals surface area contributed by atoms with Gasteiger partial charge in [-0.15, -0.1) is 6.58 Å². The van der Waals surface area contributed by atoms with E-state index in [1.807, 2.05) is 0 Å². The van der Waals surface area contributed by atoms with Crippen LogP contribution in [0.15, 0.2) is 29.7 Å². The van der Waals surface area contributed by atoms with Gasteiger partial charge < -0.3 is 14.2 Å². The summed E-state index contributed by atoms with van der Waals surface area (Å²) in [5.41, 5.74) is 0.712. The van der Waals surface area contributed by atoms with Gasteiger partial charge in [0.1, 0.15) is 10.1 Å². The molecule has 7 heteroatoms. The third-order valence-electron chi connectivity index (χ3n) is 3.21. The lowest BCUT2D eigenvalue weighted by molar-refractivity contribution is -0.121. The molecule has 1 fully saturated rings. The smallest absolute Gasteiger partial charge is 0.266 e. The van der Waals surface area contributed by atoms with Crippen LogP contribution in [0.4, 0.5) is 0 Å². The molecular weight excluding hydrogens is 334 g/mol. The predicted octanol–water partition coefficient (Wildman–Crippen LogP) is 3.10. The average molecular weight is 351 g/mol. The van der Waals surface area contributed by atoms with Crippen molar-refractivity contribution in [1.82, 2.24) is 4.90 Å². The lowest BCUT2D eigenvalue weighted by atomic mass is 10.1. The first-order valence-corrected chi connectivity index (χ1v) is 7.94. The SMILES string of the molecule is C=CCN1C(=O)/C(=C/c2cc(OC)c(OC)cc2OC)SC1=S. The third-order valence-corrected chi connectivity index (χ3v) is 4.59. The number of carbonyl (C=O) groups is 1. The van der Waals surface area contributed by atoms with Crippen LogP contribution in [0, 0.1) is 0 Å². The predicted molar refractivity (Wildman–Crippen MR) is 96.2 cm³/mol. The Balaban J connectivity index is 2.44. The monoisotopic (exact) mass is 351 g/mol. The quantitative estimate of drug-likeness (QED) is 0.446. The Morgan fingerprint density at radius 1 is 1.17 bits per heavy atom. The molecule has 23 heavy (non-hydrogen) atoms. The summed E-state index contributed by atoms with van der Waals surface area (Å²) in [4.78, 5) is 14.4. The highest BCUT2D eigenvalue weighted by molar-refractivity contribution is 8.26. The van der Waals surface area contributed by atoms with Crippen molar-refractivity contribution in [1.29, 1.82) is 0 Å². The molecule has 0 aliphatic carbocycles. The zero-order chi connectivity index (χ0) is 17.0. The van der Waals surface area contributed by atoms with Crippen molar-refractivity contribution in [2.45, 2.75) is 0 Å². The number of thioether (sulfide) groups is 1. The van der Waals surface area contributed by atoms with E-state index in [0.29, 0.717) is 38.6 Å². The maximum Gasteiger partial charge on any atom is 0.266 e. The minimum absolute atomic E-state index is 0.142. The van der Waals surface area contributed by atoms with Gasteiger partial charge in [0.25, 0.3) is 5.91 Å². The first kappa shape index (κ1) is 17.4. The minimum atomic E-state index is -0.142. The van der Waals surface area contributed by atoms with Gasteiger partial charge in [-0.2, -0.15) is 0 Å². The number of hydrogen-bond acceptors (Lipinski definition) is 6. The number of carbonyl (C=O) groups excluding carboxylic acids is 1. The fraction of sp³-hybridized carbons (Fsp3) is 0.250. The molecule has 0 radical (unpaired) electrons. The Morgan fingerprint density at radius 3 is 2.35 bits per heavy atom. The van der Waals surface area contributed by atoms with Gasteiger partial charge in [-0.1, -0.05) is 30.1 Å². The van der Waals surface area contributed by atoms with E-state index in [4.69, 9.17) is 26.4 Å². The first-order valence-electron chi connectivity index (χ1n) is 6.72. The molecule has 1 saturated heterocycles. The highest BCUT2D eigenvalue weighted by Crippen LogP contribution is 2.38. The van der Waals surface area contributed by atoms with Crippen LogP contribution >= 0.6 is 24.0 Å². The Bertz CT molecular complexity index is 685. The molecule has 0 aromatic heterocycles. The van der Waals surface area contributed by atoms with E-state index >= 15 is 0 Å². The molecule has 0 saturated carbocycles. The van der Waals surface area contributed by atoms with Gasteiger partial charge in [-0.3, -0.25) is 9.69 Å². The van der Waals surface area contributed by atoms with Crippen molar-refractivity contribution >= 4 is 40.3 Å². The van der Waals surface area contributed by atoms with Crippen LogP contribution in [-0.4, -0.2) is 43.0 Å². The normalized spacial score (nSPS) is 16.0. The van der Waals surface area contributed by atoms with E-state index in [9.17, 15) is 4.79 Å². The highest BCUT2D eigenvalue weighted by Gasteiger charge is 2.31. The molecule has 0 unspecified atom stereocenters. The van der Waals surface area contributed by atoms with Gasteiger partial charge in [0.2, 0.25) is 0 Å². The number of hydrogen-bond donors (Lipinski definition) is 0. The van der Waals surface area contributed by atoms with E-state index in [2.05, 4.69) is 6.58 Å². The minimum Gasteiger partial charge on any atom is -0.496 e. The topological polar surface area (TPSA) is 48.0 Å². The fourth-order valence-electron chi connectivity index (χ4n) is 2.09. The Morgan fingerprint density at radius 2 is 1.78 bits per heavy atom. The van der Waals surface area contributed by atoms with Crippen LogP contribution < -0.4 is 14.2 Å². The molecule has 1 amide bonds. The molecule has 1 heterocycles. The molecule has 122 valence electrons. The summed E-state index contributed by atoms with van der Waals surface area (Å²) in [5, 5.41) is 0. The maximum absolute atomic E-state index is 12.4. The van der Waals surface area contributed by atoms with Crippen molar-refractivity contribution in [3.63, 3.8) is 0 Å². The van der Waals surface area contributed by atoms with Gasteiger partial charge >= 0.3 is 0 Å². The zero-order valence-corrected chi connectivity index (χ0v) is 14.8. The van der Waals surface area contributed by atoms with Crippen LogP contribution in [-0.2, 0) is 4.79 Å². The maximum atomic E-state index is 12.4.